The number of rotatable bonds is 2. The van der Waals surface area contributed by atoms with Crippen molar-refractivity contribution in [3.8, 4) is 0 Å². The number of thioether (sulfide) groups is 1. The van der Waals surface area contributed by atoms with Gasteiger partial charge in [-0.3, -0.25) is 10.1 Å². The van der Waals surface area contributed by atoms with E-state index in [-0.39, 0.29) is 11.7 Å². The highest BCUT2D eigenvalue weighted by Crippen LogP contribution is 2.28. The summed E-state index contributed by atoms with van der Waals surface area (Å²) in [5, 5.41) is 10.7. The molecule has 0 amide bonds. The van der Waals surface area contributed by atoms with Crippen LogP contribution >= 0.6 is 11.8 Å². The molecule has 0 aliphatic carbocycles. The minimum atomic E-state index is -0.560. The second-order valence-corrected chi connectivity index (χ2v) is 5.19. The Morgan fingerprint density at radius 3 is 2.94 bits per heavy atom. The fourth-order valence-electron chi connectivity index (χ4n) is 1.94. The van der Waals surface area contributed by atoms with Gasteiger partial charge in [-0.1, -0.05) is 0 Å². The van der Waals surface area contributed by atoms with Crippen molar-refractivity contribution in [2.45, 2.75) is 13.0 Å². The summed E-state index contributed by atoms with van der Waals surface area (Å²) < 4.78 is 13.3. The third kappa shape index (κ3) is 2.69. The maximum atomic E-state index is 13.3. The third-order valence-corrected chi connectivity index (χ3v) is 3.97. The highest BCUT2D eigenvalue weighted by Gasteiger charge is 2.21. The summed E-state index contributed by atoms with van der Waals surface area (Å²) in [7, 11) is 0. The minimum Gasteiger partial charge on any atom is -0.367 e. The van der Waals surface area contributed by atoms with E-state index in [1.165, 1.54) is 12.1 Å². The summed E-state index contributed by atoms with van der Waals surface area (Å²) in [5.41, 5.74) is 0.412. The summed E-state index contributed by atoms with van der Waals surface area (Å²) >= 11 is 1.85. The van der Waals surface area contributed by atoms with Gasteiger partial charge in [-0.25, -0.2) is 4.39 Å². The Morgan fingerprint density at radius 1 is 1.53 bits per heavy atom. The van der Waals surface area contributed by atoms with Crippen LogP contribution in [-0.4, -0.2) is 29.0 Å². The number of nitro benzene ring substituents is 1. The monoisotopic (exact) mass is 256 g/mol. The van der Waals surface area contributed by atoms with Crippen LogP contribution < -0.4 is 4.90 Å². The Hall–Kier alpha value is -1.30. The number of hydrogen-bond donors (Lipinski definition) is 0. The van der Waals surface area contributed by atoms with Crippen LogP contribution in [0.3, 0.4) is 0 Å². The van der Waals surface area contributed by atoms with Crippen molar-refractivity contribution >= 4 is 23.1 Å². The molecule has 1 saturated heterocycles. The van der Waals surface area contributed by atoms with Crippen LogP contribution in [0.5, 0.6) is 0 Å². The third-order valence-electron chi connectivity index (χ3n) is 2.78. The van der Waals surface area contributed by atoms with Gasteiger partial charge in [0.25, 0.3) is 5.69 Å². The Bertz CT molecular complexity index is 441. The van der Waals surface area contributed by atoms with Gasteiger partial charge in [0.05, 0.1) is 11.0 Å². The van der Waals surface area contributed by atoms with Crippen molar-refractivity contribution in [3.63, 3.8) is 0 Å². The largest absolute Gasteiger partial charge is 0.367 e. The number of halogens is 1. The quantitative estimate of drug-likeness (QED) is 0.603. The van der Waals surface area contributed by atoms with E-state index in [0.717, 1.165) is 24.1 Å². The van der Waals surface area contributed by atoms with Crippen molar-refractivity contribution in [1.82, 2.24) is 0 Å². The average Bonchev–Trinajstić information content (AvgIpc) is 2.28. The molecule has 1 fully saturated rings. The van der Waals surface area contributed by atoms with Gasteiger partial charge in [-0.05, 0) is 13.0 Å². The number of hydrogen-bond acceptors (Lipinski definition) is 4. The highest BCUT2D eigenvalue weighted by molar-refractivity contribution is 7.99. The number of non-ortho nitro benzene ring substituents is 1. The average molecular weight is 256 g/mol. The lowest BCUT2D eigenvalue weighted by molar-refractivity contribution is -0.385. The van der Waals surface area contributed by atoms with Crippen LogP contribution in [0.25, 0.3) is 0 Å². The smallest absolute Gasteiger partial charge is 0.274 e. The SMILES string of the molecule is CC1CSCCN1c1cc(F)cc([N+](=O)[O-])c1. The van der Waals surface area contributed by atoms with Gasteiger partial charge in [0.1, 0.15) is 5.82 Å². The Morgan fingerprint density at radius 2 is 2.29 bits per heavy atom. The molecule has 1 aromatic rings. The van der Waals surface area contributed by atoms with E-state index in [4.69, 9.17) is 0 Å². The Balaban J connectivity index is 2.33. The van der Waals surface area contributed by atoms with Crippen molar-refractivity contribution in [1.29, 1.82) is 0 Å². The normalized spacial score (nSPS) is 20.4. The molecule has 0 N–H and O–H groups in total. The minimum absolute atomic E-state index is 0.189. The van der Waals surface area contributed by atoms with E-state index in [1.807, 2.05) is 23.6 Å². The van der Waals surface area contributed by atoms with Gasteiger partial charge >= 0.3 is 0 Å². The second-order valence-electron chi connectivity index (χ2n) is 4.04. The van der Waals surface area contributed by atoms with Crippen LogP contribution in [0.2, 0.25) is 0 Å². The van der Waals surface area contributed by atoms with Crippen LogP contribution in [0.1, 0.15) is 6.92 Å². The first-order valence-corrected chi connectivity index (χ1v) is 6.53. The topological polar surface area (TPSA) is 46.4 Å². The molecule has 1 heterocycles. The molecular weight excluding hydrogens is 243 g/mol. The summed E-state index contributed by atoms with van der Waals surface area (Å²) in [6.07, 6.45) is 0. The zero-order valence-corrected chi connectivity index (χ0v) is 10.2. The van der Waals surface area contributed by atoms with E-state index in [2.05, 4.69) is 0 Å². The van der Waals surface area contributed by atoms with Crippen LogP contribution in [-0.2, 0) is 0 Å². The highest BCUT2D eigenvalue weighted by atomic mass is 32.2. The van der Waals surface area contributed by atoms with Gasteiger partial charge in [0, 0.05) is 35.8 Å². The molecule has 0 bridgehead atoms. The summed E-state index contributed by atoms with van der Waals surface area (Å²) in [4.78, 5) is 12.1. The van der Waals surface area contributed by atoms with Crippen LogP contribution in [0.15, 0.2) is 18.2 Å². The number of anilines is 1. The molecule has 1 aliphatic rings. The summed E-state index contributed by atoms with van der Waals surface area (Å²) in [5.74, 6) is 1.37. The van der Waals surface area contributed by atoms with Crippen LogP contribution in [0, 0.1) is 15.9 Å². The predicted molar refractivity (Wildman–Crippen MR) is 67.2 cm³/mol. The predicted octanol–water partition coefficient (Wildman–Crippen LogP) is 2.68. The first-order chi connectivity index (χ1) is 8.08. The molecule has 0 saturated carbocycles. The van der Waals surface area contributed by atoms with Crippen molar-refractivity contribution in [3.05, 3.63) is 34.1 Å². The molecule has 0 radical (unpaired) electrons. The molecular formula is C11H13FN2O2S. The van der Waals surface area contributed by atoms with Crippen molar-refractivity contribution in [2.24, 2.45) is 0 Å². The fourth-order valence-corrected chi connectivity index (χ4v) is 2.95. The summed E-state index contributed by atoms with van der Waals surface area (Å²) in [6.45, 7) is 2.84. The first kappa shape index (κ1) is 12.2. The van der Waals surface area contributed by atoms with Crippen molar-refractivity contribution < 1.29 is 9.31 Å². The molecule has 0 aromatic heterocycles. The lowest BCUT2D eigenvalue weighted by Gasteiger charge is -2.34. The standard InChI is InChI=1S/C11H13FN2O2S/c1-8-7-17-3-2-13(8)10-4-9(12)5-11(6-10)14(15)16/h4-6,8H,2-3,7H2,1H3. The Labute approximate surface area is 103 Å². The van der Waals surface area contributed by atoms with Gasteiger partial charge in [0.2, 0.25) is 0 Å². The molecule has 4 nitrogen and oxygen atoms in total. The van der Waals surface area contributed by atoms with E-state index in [0.29, 0.717) is 5.69 Å². The molecule has 92 valence electrons. The number of nitro groups is 1. The van der Waals surface area contributed by atoms with Crippen molar-refractivity contribution in [2.75, 3.05) is 23.0 Å². The zero-order valence-electron chi connectivity index (χ0n) is 9.43. The second kappa shape index (κ2) is 4.91. The van der Waals surface area contributed by atoms with Gasteiger partial charge in [-0.15, -0.1) is 0 Å². The molecule has 1 aliphatic heterocycles. The number of nitrogens with zero attached hydrogens (tertiary/aromatic N) is 2. The van der Waals surface area contributed by atoms with E-state index in [1.54, 1.807) is 0 Å². The molecule has 6 heteroatoms. The van der Waals surface area contributed by atoms with E-state index >= 15 is 0 Å². The van der Waals surface area contributed by atoms with Crippen LogP contribution in [0.4, 0.5) is 15.8 Å². The van der Waals surface area contributed by atoms with Gasteiger partial charge in [0.15, 0.2) is 0 Å². The zero-order chi connectivity index (χ0) is 12.4. The van der Waals surface area contributed by atoms with E-state index in [9.17, 15) is 14.5 Å². The lowest BCUT2D eigenvalue weighted by Crippen LogP contribution is -2.40. The lowest BCUT2D eigenvalue weighted by atomic mass is 10.2. The molecule has 1 atom stereocenters. The molecule has 1 unspecified atom stereocenters. The Kier molecular flexibility index (Phi) is 3.51. The maximum Gasteiger partial charge on any atom is 0.274 e. The molecule has 0 spiro atoms. The first-order valence-electron chi connectivity index (χ1n) is 5.37. The maximum absolute atomic E-state index is 13.3. The molecule has 2 rings (SSSR count). The van der Waals surface area contributed by atoms with Gasteiger partial charge in [-0.2, -0.15) is 11.8 Å². The van der Waals surface area contributed by atoms with E-state index < -0.39 is 10.7 Å². The molecule has 1 aromatic carbocycles. The summed E-state index contributed by atoms with van der Waals surface area (Å²) in [6, 6.07) is 4.03. The molecule has 17 heavy (non-hydrogen) atoms. The number of benzene rings is 1. The van der Waals surface area contributed by atoms with Gasteiger partial charge < -0.3 is 4.90 Å². The fraction of sp³-hybridized carbons (Fsp3) is 0.455.